The molecule has 29 heavy (non-hydrogen) atoms. The van der Waals surface area contributed by atoms with Crippen LogP contribution >= 0.6 is 0 Å². The summed E-state index contributed by atoms with van der Waals surface area (Å²) in [5.41, 5.74) is 4.18. The Bertz CT molecular complexity index is 1090. The maximum absolute atomic E-state index is 12.9. The van der Waals surface area contributed by atoms with Crippen LogP contribution in [0.1, 0.15) is 30.5 Å². The summed E-state index contributed by atoms with van der Waals surface area (Å²) in [6.45, 7) is 5.93. The molecule has 0 fully saturated rings. The van der Waals surface area contributed by atoms with Crippen LogP contribution in [-0.2, 0) is 4.79 Å². The molecule has 6 nitrogen and oxygen atoms in total. The molecule has 0 saturated carbocycles. The lowest BCUT2D eigenvalue weighted by Gasteiger charge is -2.18. The van der Waals surface area contributed by atoms with Gasteiger partial charge in [-0.1, -0.05) is 25.1 Å². The van der Waals surface area contributed by atoms with Gasteiger partial charge in [0.15, 0.2) is 0 Å². The molecule has 2 aromatic carbocycles. The third-order valence-corrected chi connectivity index (χ3v) is 4.95. The minimum Gasteiger partial charge on any atom is -0.497 e. The maximum Gasteiger partial charge on any atom is 0.267 e. The van der Waals surface area contributed by atoms with Crippen LogP contribution in [0.15, 0.2) is 59.4 Å². The molecule has 1 heterocycles. The van der Waals surface area contributed by atoms with E-state index in [1.165, 1.54) is 16.3 Å². The quantitative estimate of drug-likeness (QED) is 0.686. The Morgan fingerprint density at radius 3 is 2.59 bits per heavy atom. The van der Waals surface area contributed by atoms with E-state index in [9.17, 15) is 9.59 Å². The van der Waals surface area contributed by atoms with Gasteiger partial charge >= 0.3 is 0 Å². The molecule has 0 radical (unpaired) electrons. The van der Waals surface area contributed by atoms with Crippen LogP contribution in [0.4, 0.5) is 5.69 Å². The average molecular weight is 391 g/mol. The summed E-state index contributed by atoms with van der Waals surface area (Å²) >= 11 is 0. The number of anilines is 1. The van der Waals surface area contributed by atoms with Crippen molar-refractivity contribution in [2.75, 3.05) is 12.4 Å². The SMILES string of the molecule is CCC(C(=O)Nc1cccc(OC)c1)n1nc(-c2ccc(C)c(C)c2)ccc1=O. The van der Waals surface area contributed by atoms with Gasteiger partial charge in [-0.2, -0.15) is 5.10 Å². The highest BCUT2D eigenvalue weighted by atomic mass is 16.5. The molecule has 0 bridgehead atoms. The van der Waals surface area contributed by atoms with Crippen molar-refractivity contribution in [1.29, 1.82) is 0 Å². The first-order valence-electron chi connectivity index (χ1n) is 9.55. The summed E-state index contributed by atoms with van der Waals surface area (Å²) in [5, 5.41) is 7.35. The van der Waals surface area contributed by atoms with Crippen LogP contribution < -0.4 is 15.6 Å². The number of ether oxygens (including phenoxy) is 1. The average Bonchev–Trinajstić information content (AvgIpc) is 2.72. The largest absolute Gasteiger partial charge is 0.497 e. The predicted octanol–water partition coefficient (Wildman–Crippen LogP) is 4.13. The number of aromatic nitrogens is 2. The molecule has 3 rings (SSSR count). The number of hydrogen-bond acceptors (Lipinski definition) is 4. The zero-order valence-corrected chi connectivity index (χ0v) is 17.1. The first-order valence-corrected chi connectivity index (χ1v) is 9.55. The monoisotopic (exact) mass is 391 g/mol. The van der Waals surface area contributed by atoms with Gasteiger partial charge in [-0.3, -0.25) is 9.59 Å². The van der Waals surface area contributed by atoms with Gasteiger partial charge in [0, 0.05) is 23.4 Å². The highest BCUT2D eigenvalue weighted by Gasteiger charge is 2.21. The van der Waals surface area contributed by atoms with E-state index in [-0.39, 0.29) is 11.5 Å². The third kappa shape index (κ3) is 4.54. The number of carbonyl (C=O) groups is 1. The number of nitrogens with one attached hydrogen (secondary N) is 1. The van der Waals surface area contributed by atoms with Gasteiger partial charge in [0.25, 0.3) is 5.56 Å². The van der Waals surface area contributed by atoms with E-state index < -0.39 is 6.04 Å². The summed E-state index contributed by atoms with van der Waals surface area (Å²) in [4.78, 5) is 25.4. The molecular weight excluding hydrogens is 366 g/mol. The highest BCUT2D eigenvalue weighted by Crippen LogP contribution is 2.22. The Balaban J connectivity index is 1.92. The fraction of sp³-hybridized carbons (Fsp3) is 0.261. The predicted molar refractivity (Wildman–Crippen MR) is 114 cm³/mol. The summed E-state index contributed by atoms with van der Waals surface area (Å²) in [6, 6.07) is 15.5. The molecule has 1 N–H and O–H groups in total. The molecular formula is C23H25N3O3. The van der Waals surface area contributed by atoms with Gasteiger partial charge < -0.3 is 10.1 Å². The van der Waals surface area contributed by atoms with Crippen LogP contribution in [0.5, 0.6) is 5.75 Å². The molecule has 150 valence electrons. The molecule has 0 aliphatic rings. The number of hydrogen-bond donors (Lipinski definition) is 1. The van der Waals surface area contributed by atoms with Gasteiger partial charge in [-0.25, -0.2) is 4.68 Å². The maximum atomic E-state index is 12.9. The van der Waals surface area contributed by atoms with Gasteiger partial charge in [-0.15, -0.1) is 0 Å². The van der Waals surface area contributed by atoms with Gasteiger partial charge in [0.05, 0.1) is 12.8 Å². The Kier molecular flexibility index (Phi) is 6.12. The second kappa shape index (κ2) is 8.73. The standard InChI is InChI=1S/C23H25N3O3/c1-5-21(23(28)24-18-7-6-8-19(14-18)29-4)26-22(27)12-11-20(25-26)17-10-9-15(2)16(3)13-17/h6-14,21H,5H2,1-4H3,(H,24,28). The topological polar surface area (TPSA) is 73.2 Å². The van der Waals surface area contributed by atoms with Crippen molar-refractivity contribution in [3.05, 3.63) is 76.1 Å². The van der Waals surface area contributed by atoms with Gasteiger partial charge in [0.1, 0.15) is 11.8 Å². The van der Waals surface area contributed by atoms with E-state index in [1.807, 2.05) is 39.0 Å². The molecule has 0 spiro atoms. The molecule has 0 aliphatic carbocycles. The second-order valence-corrected chi connectivity index (χ2v) is 6.95. The van der Waals surface area contributed by atoms with Crippen molar-refractivity contribution < 1.29 is 9.53 Å². The van der Waals surface area contributed by atoms with Gasteiger partial charge in [-0.05, 0) is 55.7 Å². The molecule has 1 amide bonds. The minimum atomic E-state index is -0.722. The van der Waals surface area contributed by atoms with Crippen LogP contribution in [-0.4, -0.2) is 22.8 Å². The summed E-state index contributed by atoms with van der Waals surface area (Å²) < 4.78 is 6.45. The minimum absolute atomic E-state index is 0.299. The number of carbonyl (C=O) groups excluding carboxylic acids is 1. The van der Waals surface area contributed by atoms with Gasteiger partial charge in [0.2, 0.25) is 5.91 Å². The van der Waals surface area contributed by atoms with Crippen LogP contribution in [0.25, 0.3) is 11.3 Å². The number of methoxy groups -OCH3 is 1. The Morgan fingerprint density at radius 1 is 1.10 bits per heavy atom. The summed E-state index contributed by atoms with van der Waals surface area (Å²) in [6.07, 6.45) is 0.430. The number of benzene rings is 2. The van der Waals surface area contributed by atoms with Crippen molar-refractivity contribution in [3.8, 4) is 17.0 Å². The van der Waals surface area contributed by atoms with E-state index in [0.29, 0.717) is 23.6 Å². The van der Waals surface area contributed by atoms with Crippen molar-refractivity contribution in [2.45, 2.75) is 33.2 Å². The van der Waals surface area contributed by atoms with Crippen LogP contribution in [0.2, 0.25) is 0 Å². The Morgan fingerprint density at radius 2 is 1.90 bits per heavy atom. The third-order valence-electron chi connectivity index (χ3n) is 4.95. The lowest BCUT2D eigenvalue weighted by Crippen LogP contribution is -2.34. The zero-order valence-electron chi connectivity index (χ0n) is 17.1. The van der Waals surface area contributed by atoms with E-state index in [4.69, 9.17) is 4.74 Å². The van der Waals surface area contributed by atoms with E-state index in [2.05, 4.69) is 10.4 Å². The van der Waals surface area contributed by atoms with Crippen LogP contribution in [0, 0.1) is 13.8 Å². The Labute approximate surface area is 170 Å². The fourth-order valence-electron chi connectivity index (χ4n) is 3.10. The molecule has 6 heteroatoms. The normalized spacial score (nSPS) is 11.7. The van der Waals surface area contributed by atoms with Crippen molar-refractivity contribution in [2.24, 2.45) is 0 Å². The molecule has 0 saturated heterocycles. The highest BCUT2D eigenvalue weighted by molar-refractivity contribution is 5.93. The summed E-state index contributed by atoms with van der Waals surface area (Å²) in [7, 11) is 1.57. The van der Waals surface area contributed by atoms with Crippen molar-refractivity contribution >= 4 is 11.6 Å². The lowest BCUT2D eigenvalue weighted by molar-refractivity contribution is -0.119. The smallest absolute Gasteiger partial charge is 0.267 e. The number of rotatable bonds is 6. The number of amides is 1. The first-order chi connectivity index (χ1) is 13.9. The fourth-order valence-corrected chi connectivity index (χ4v) is 3.10. The van der Waals surface area contributed by atoms with E-state index in [1.54, 1.807) is 37.4 Å². The first kappa shape index (κ1) is 20.3. The number of aryl methyl sites for hydroxylation is 2. The lowest BCUT2D eigenvalue weighted by atomic mass is 10.0. The Hall–Kier alpha value is -3.41. The van der Waals surface area contributed by atoms with Crippen molar-refractivity contribution in [3.63, 3.8) is 0 Å². The van der Waals surface area contributed by atoms with E-state index in [0.717, 1.165) is 11.1 Å². The second-order valence-electron chi connectivity index (χ2n) is 6.95. The molecule has 1 unspecified atom stereocenters. The van der Waals surface area contributed by atoms with Crippen LogP contribution in [0.3, 0.4) is 0 Å². The summed E-state index contributed by atoms with van der Waals surface area (Å²) in [5.74, 6) is 0.343. The number of nitrogens with zero attached hydrogens (tertiary/aromatic N) is 2. The van der Waals surface area contributed by atoms with Crippen molar-refractivity contribution in [1.82, 2.24) is 9.78 Å². The molecule has 1 aromatic heterocycles. The van der Waals surface area contributed by atoms with E-state index >= 15 is 0 Å². The molecule has 0 aliphatic heterocycles. The zero-order chi connectivity index (χ0) is 21.0. The molecule has 3 aromatic rings. The molecule has 1 atom stereocenters.